The topological polar surface area (TPSA) is 261 Å². The number of thiazole rings is 2. The Bertz CT molecular complexity index is 3180. The zero-order valence-electron chi connectivity index (χ0n) is 42.6. The van der Waals surface area contributed by atoms with Crippen LogP contribution in [0.1, 0.15) is 58.6 Å². The molecule has 2 N–H and O–H groups in total. The number of aromatic nitrogens is 10. The molecule has 0 saturated heterocycles. The van der Waals surface area contributed by atoms with Gasteiger partial charge in [-0.1, -0.05) is 12.1 Å². The van der Waals surface area contributed by atoms with Crippen LogP contribution in [0.3, 0.4) is 0 Å². The average molecular weight is 1090 g/mol. The van der Waals surface area contributed by atoms with Crippen molar-refractivity contribution in [3.63, 3.8) is 0 Å². The Hall–Kier alpha value is -7.10. The largest absolute Gasteiger partial charge is 0.494 e. The molecule has 0 spiro atoms. The number of aryl methyl sites for hydroxylation is 4. The van der Waals surface area contributed by atoms with Gasteiger partial charge in [-0.05, 0) is 89.1 Å². The molecule has 6 heterocycles. The van der Waals surface area contributed by atoms with Crippen molar-refractivity contribution in [2.24, 2.45) is 0 Å². The third-order valence-corrected chi connectivity index (χ3v) is 16.8. The van der Waals surface area contributed by atoms with Crippen LogP contribution in [0.4, 0.5) is 11.9 Å². The second kappa shape index (κ2) is 23.4. The summed E-state index contributed by atoms with van der Waals surface area (Å²) in [5, 5.41) is 19.9. The molecule has 0 fully saturated rings. The molecule has 8 aromatic rings. The van der Waals surface area contributed by atoms with Crippen LogP contribution in [0.25, 0.3) is 34.2 Å². The predicted molar refractivity (Wildman–Crippen MR) is 282 cm³/mol. The maximum atomic E-state index is 13.6. The molecule has 2 aromatic carbocycles. The summed E-state index contributed by atoms with van der Waals surface area (Å²) in [7, 11) is 0.897. The van der Waals surface area contributed by atoms with Crippen LogP contribution in [-0.2, 0) is 29.5 Å². The Morgan fingerprint density at radius 1 is 0.527 bits per heavy atom. The Balaban J connectivity index is 0.000000216. The summed E-state index contributed by atoms with van der Waals surface area (Å²) in [6, 6.07) is 14.2. The first-order chi connectivity index (χ1) is 35.4. The summed E-state index contributed by atoms with van der Waals surface area (Å²) in [6.45, 7) is 10.6. The van der Waals surface area contributed by atoms with Crippen LogP contribution in [0.2, 0.25) is 0 Å². The van der Waals surface area contributed by atoms with Gasteiger partial charge < -0.3 is 28.4 Å². The van der Waals surface area contributed by atoms with E-state index in [1.807, 2.05) is 50.6 Å². The molecule has 0 saturated carbocycles. The molecule has 74 heavy (non-hydrogen) atoms. The lowest BCUT2D eigenvalue weighted by atomic mass is 10.2. The average Bonchev–Trinajstić information content (AvgIpc) is 4.21. The Labute approximate surface area is 437 Å². The molecule has 4 atom stereocenters. The molecule has 0 aliphatic heterocycles. The van der Waals surface area contributed by atoms with E-state index in [0.717, 1.165) is 22.5 Å². The molecule has 0 radical (unpaired) electrons. The number of rotatable bonds is 20. The lowest BCUT2D eigenvalue weighted by molar-refractivity contribution is 0.102. The number of anilines is 2. The van der Waals surface area contributed by atoms with Gasteiger partial charge >= 0.3 is 0 Å². The molecule has 26 heteroatoms. The molecule has 22 nitrogen and oxygen atoms in total. The van der Waals surface area contributed by atoms with E-state index in [9.17, 15) is 16.8 Å². The van der Waals surface area contributed by atoms with Crippen molar-refractivity contribution in [2.75, 3.05) is 52.1 Å². The van der Waals surface area contributed by atoms with Crippen LogP contribution in [0.15, 0.2) is 84.1 Å². The van der Waals surface area contributed by atoms with E-state index in [-0.39, 0.29) is 11.9 Å². The van der Waals surface area contributed by atoms with Crippen molar-refractivity contribution in [1.29, 1.82) is 0 Å². The van der Waals surface area contributed by atoms with E-state index in [2.05, 4.69) is 49.8 Å². The molecule has 0 aliphatic rings. The minimum absolute atomic E-state index is 0.0451. The van der Waals surface area contributed by atoms with E-state index >= 15 is 0 Å². The maximum Gasteiger partial charge on any atom is 0.243 e. The number of ether oxygens (including phenoxy) is 6. The third-order valence-electron chi connectivity index (χ3n) is 11.4. The quantitative estimate of drug-likeness (QED) is 0.0735. The highest BCUT2D eigenvalue weighted by Gasteiger charge is 2.37. The normalized spacial score (nSPS) is 13.2. The highest BCUT2D eigenvalue weighted by Crippen LogP contribution is 2.40. The van der Waals surface area contributed by atoms with E-state index in [1.54, 1.807) is 84.2 Å². The predicted octanol–water partition coefficient (Wildman–Crippen LogP) is 7.88. The van der Waals surface area contributed by atoms with Crippen LogP contribution >= 0.6 is 22.7 Å². The van der Waals surface area contributed by atoms with E-state index in [4.69, 9.17) is 28.4 Å². The Kier molecular flexibility index (Phi) is 17.3. The Morgan fingerprint density at radius 2 is 0.878 bits per heavy atom. The number of benzene rings is 2. The Morgan fingerprint density at radius 3 is 1.16 bits per heavy atom. The molecule has 0 bridgehead atoms. The lowest BCUT2D eigenvalue weighted by Crippen LogP contribution is -2.32. The number of sulfonamides is 2. The number of methoxy groups -OCH3 is 6. The first kappa shape index (κ1) is 54.7. The van der Waals surface area contributed by atoms with Gasteiger partial charge in [0.05, 0.1) is 28.4 Å². The summed E-state index contributed by atoms with van der Waals surface area (Å²) in [6.07, 6.45) is 5.11. The van der Waals surface area contributed by atoms with Crippen LogP contribution in [-0.4, -0.2) is 119 Å². The first-order valence-electron chi connectivity index (χ1n) is 22.5. The number of nitrogens with one attached hydrogen (secondary N) is 2. The van der Waals surface area contributed by atoms with Gasteiger partial charge in [-0.3, -0.25) is 28.5 Å². The SMILES string of the molecule is COc1cccc(OC)c1-n1c(NS(=O)(=O)[C@@H](C)[C@H](OC)c2nc(C)cs2)nnc1-c1cncc(C)c1.COc1cccc(OC)c1-n1c(NS(=O)(=O)[C@H](C)[C@@H](OC)c2nc(C)cs2)nnc1-c1cncc(C)c1. The van der Waals surface area contributed by atoms with Crippen molar-refractivity contribution in [3.8, 4) is 57.1 Å². The van der Waals surface area contributed by atoms with Crippen molar-refractivity contribution in [3.05, 3.63) is 117 Å². The third kappa shape index (κ3) is 11.6. The highest BCUT2D eigenvalue weighted by atomic mass is 32.2. The van der Waals surface area contributed by atoms with Gasteiger partial charge in [0.2, 0.25) is 31.9 Å². The monoisotopic (exact) mass is 1090 g/mol. The summed E-state index contributed by atoms with van der Waals surface area (Å²) >= 11 is 2.69. The fraction of sp³-hybridized carbons (Fsp3) is 0.333. The number of para-hydroxylation sites is 2. The smallest absolute Gasteiger partial charge is 0.243 e. The first-order valence-corrected chi connectivity index (χ1v) is 27.4. The molecule has 392 valence electrons. The van der Waals surface area contributed by atoms with E-state index in [0.29, 0.717) is 67.2 Å². The summed E-state index contributed by atoms with van der Waals surface area (Å²) in [4.78, 5) is 17.3. The lowest BCUT2D eigenvalue weighted by Gasteiger charge is -2.22. The number of hydrogen-bond donors (Lipinski definition) is 2. The van der Waals surface area contributed by atoms with E-state index in [1.165, 1.54) is 65.3 Å². The fourth-order valence-electron chi connectivity index (χ4n) is 7.71. The van der Waals surface area contributed by atoms with Crippen molar-refractivity contribution in [1.82, 2.24) is 49.5 Å². The molecule has 8 rings (SSSR count). The number of pyridine rings is 2. The zero-order valence-corrected chi connectivity index (χ0v) is 45.8. The van der Waals surface area contributed by atoms with Crippen molar-refractivity contribution >= 4 is 54.6 Å². The van der Waals surface area contributed by atoms with Gasteiger partial charge in [0, 0.05) is 72.3 Å². The second-order valence-electron chi connectivity index (χ2n) is 16.6. The summed E-state index contributed by atoms with van der Waals surface area (Å²) in [5.41, 5.74) is 5.50. The maximum absolute atomic E-state index is 13.6. The molecule has 0 amide bonds. The van der Waals surface area contributed by atoms with Gasteiger partial charge in [-0.25, -0.2) is 26.8 Å². The number of hydrogen-bond acceptors (Lipinski definition) is 20. The van der Waals surface area contributed by atoms with Crippen LogP contribution in [0, 0.1) is 27.7 Å². The summed E-state index contributed by atoms with van der Waals surface area (Å²) < 4.78 is 96.2. The second-order valence-corrected chi connectivity index (χ2v) is 22.4. The van der Waals surface area contributed by atoms with Crippen molar-refractivity contribution < 1.29 is 45.3 Å². The fourth-order valence-corrected chi connectivity index (χ4v) is 12.1. The van der Waals surface area contributed by atoms with Gasteiger partial charge in [0.1, 0.15) is 67.1 Å². The van der Waals surface area contributed by atoms with Crippen LogP contribution in [0.5, 0.6) is 23.0 Å². The molecule has 0 aliphatic carbocycles. The number of nitrogens with zero attached hydrogens (tertiary/aromatic N) is 10. The minimum atomic E-state index is -4.04. The van der Waals surface area contributed by atoms with Gasteiger partial charge in [0.25, 0.3) is 0 Å². The standard InChI is InChI=1S/2C24H28N6O5S2/c2*1-14-10-17(12-25-11-14)22-27-28-24(30(22)20-18(33-4)8-7-9-19(20)34-5)29-37(31,32)16(3)21(35-6)23-26-15(2)13-36-23/h2*7-13,16,21H,1-6H3,(H,28,29)/t2*16-,21-/m10/s1. The molecule has 0 unspecified atom stereocenters. The van der Waals surface area contributed by atoms with Gasteiger partial charge in [-0.15, -0.1) is 43.1 Å². The minimum Gasteiger partial charge on any atom is -0.494 e. The van der Waals surface area contributed by atoms with Crippen LogP contribution < -0.4 is 28.4 Å². The van der Waals surface area contributed by atoms with Gasteiger partial charge in [-0.2, -0.15) is 0 Å². The summed E-state index contributed by atoms with van der Waals surface area (Å²) in [5.74, 6) is 2.34. The zero-order chi connectivity index (χ0) is 53.5. The van der Waals surface area contributed by atoms with Gasteiger partial charge in [0.15, 0.2) is 11.6 Å². The molecular weight excluding hydrogens is 1030 g/mol. The molecule has 6 aromatic heterocycles. The molecular formula is C48H56N12O10S4. The van der Waals surface area contributed by atoms with Crippen molar-refractivity contribution in [2.45, 2.75) is 64.3 Å². The highest BCUT2D eigenvalue weighted by molar-refractivity contribution is 7.93. The van der Waals surface area contributed by atoms with E-state index < -0.39 is 42.8 Å².